The van der Waals surface area contributed by atoms with Gasteiger partial charge in [0.15, 0.2) is 11.6 Å². The number of aryl methyl sites for hydroxylation is 4. The standard InChI is InChI=1S/C48H46N2O4/c1-5-33-25-37(53-29-31-17-11-9-12-18-31)26-34(6-2)45(33)49-41-23-24-42(44-43(41)47(51)39-21-15-16-22-40(39)48(44)52)50-46-35(7-3)27-38(28-36(46)8-4)54-30-32-19-13-10-14-20-32/h9-28,49-50H,5-8,29-30H2,1-4H3. The molecular formula is C48H46N2O4. The van der Waals surface area contributed by atoms with Gasteiger partial charge >= 0.3 is 0 Å². The Labute approximate surface area is 318 Å². The van der Waals surface area contributed by atoms with Crippen LogP contribution < -0.4 is 20.1 Å². The maximum absolute atomic E-state index is 14.5. The lowest BCUT2D eigenvalue weighted by molar-refractivity contribution is 0.0980. The predicted molar refractivity (Wildman–Crippen MR) is 218 cm³/mol. The van der Waals surface area contributed by atoms with E-state index in [1.807, 2.05) is 60.7 Å². The van der Waals surface area contributed by atoms with Crippen molar-refractivity contribution in [2.75, 3.05) is 10.6 Å². The lowest BCUT2D eigenvalue weighted by Crippen LogP contribution is -2.24. The zero-order valence-corrected chi connectivity index (χ0v) is 31.4. The number of rotatable bonds is 14. The van der Waals surface area contributed by atoms with E-state index in [0.717, 1.165) is 81.9 Å². The van der Waals surface area contributed by atoms with Crippen LogP contribution in [0.5, 0.6) is 11.5 Å². The summed E-state index contributed by atoms with van der Waals surface area (Å²) in [5.74, 6) is 1.24. The summed E-state index contributed by atoms with van der Waals surface area (Å²) < 4.78 is 12.5. The summed E-state index contributed by atoms with van der Waals surface area (Å²) in [6, 6.07) is 39.5. The van der Waals surface area contributed by atoms with E-state index in [1.54, 1.807) is 12.1 Å². The fourth-order valence-corrected chi connectivity index (χ4v) is 7.26. The molecule has 7 rings (SSSR count). The molecule has 6 aromatic rings. The Balaban J connectivity index is 1.27. The van der Waals surface area contributed by atoms with E-state index in [0.29, 0.717) is 46.8 Å². The van der Waals surface area contributed by atoms with Crippen LogP contribution >= 0.6 is 0 Å². The minimum atomic E-state index is -0.179. The van der Waals surface area contributed by atoms with Crippen molar-refractivity contribution in [3.05, 3.63) is 177 Å². The number of carbonyl (C=O) groups excluding carboxylic acids is 2. The van der Waals surface area contributed by atoms with Gasteiger partial charge in [0.2, 0.25) is 0 Å². The Bertz CT molecular complexity index is 2100. The number of benzene rings is 6. The SMILES string of the molecule is CCc1cc(OCc2ccccc2)cc(CC)c1Nc1ccc(Nc2c(CC)cc(OCc3ccccc3)cc2CC)c2c1C(=O)c1ccccc1C2=O. The number of carbonyl (C=O) groups is 2. The van der Waals surface area contributed by atoms with E-state index in [4.69, 9.17) is 9.47 Å². The van der Waals surface area contributed by atoms with Gasteiger partial charge in [0.1, 0.15) is 24.7 Å². The Kier molecular flexibility index (Phi) is 10.9. The highest BCUT2D eigenvalue weighted by atomic mass is 16.5. The van der Waals surface area contributed by atoms with E-state index >= 15 is 0 Å². The van der Waals surface area contributed by atoms with Crippen molar-refractivity contribution in [2.24, 2.45) is 0 Å². The van der Waals surface area contributed by atoms with Crippen LogP contribution in [0.25, 0.3) is 0 Å². The Morgan fingerprint density at radius 2 is 0.778 bits per heavy atom. The quantitative estimate of drug-likeness (QED) is 0.117. The van der Waals surface area contributed by atoms with Gasteiger partial charge in [-0.2, -0.15) is 0 Å². The zero-order valence-electron chi connectivity index (χ0n) is 31.4. The minimum Gasteiger partial charge on any atom is -0.489 e. The highest BCUT2D eigenvalue weighted by Crippen LogP contribution is 2.42. The average Bonchev–Trinajstić information content (AvgIpc) is 3.22. The summed E-state index contributed by atoms with van der Waals surface area (Å²) in [5, 5.41) is 7.30. The first-order valence-corrected chi connectivity index (χ1v) is 19.0. The summed E-state index contributed by atoms with van der Waals surface area (Å²) in [5.41, 5.74) is 11.1. The van der Waals surface area contributed by atoms with Crippen LogP contribution in [0.4, 0.5) is 22.7 Å². The molecule has 0 saturated carbocycles. The van der Waals surface area contributed by atoms with Crippen molar-refractivity contribution in [3.8, 4) is 11.5 Å². The first-order chi connectivity index (χ1) is 26.4. The van der Waals surface area contributed by atoms with Crippen LogP contribution in [0.3, 0.4) is 0 Å². The minimum absolute atomic E-state index is 0.179. The molecule has 6 aromatic carbocycles. The number of anilines is 4. The molecule has 0 saturated heterocycles. The molecule has 0 bridgehead atoms. The van der Waals surface area contributed by atoms with E-state index in [1.165, 1.54) is 0 Å². The van der Waals surface area contributed by atoms with Crippen LogP contribution in [0.2, 0.25) is 0 Å². The van der Waals surface area contributed by atoms with Crippen LogP contribution in [0, 0.1) is 0 Å². The topological polar surface area (TPSA) is 76.7 Å². The second kappa shape index (κ2) is 16.3. The van der Waals surface area contributed by atoms with Gasteiger partial charge in [0.25, 0.3) is 0 Å². The van der Waals surface area contributed by atoms with Crippen molar-refractivity contribution in [3.63, 3.8) is 0 Å². The first kappa shape index (κ1) is 36.2. The van der Waals surface area contributed by atoms with Crippen molar-refractivity contribution < 1.29 is 19.1 Å². The fraction of sp³-hybridized carbons (Fsp3) is 0.208. The normalized spacial score (nSPS) is 11.9. The highest BCUT2D eigenvalue weighted by Gasteiger charge is 2.34. The second-order valence-corrected chi connectivity index (χ2v) is 13.6. The molecule has 0 fully saturated rings. The molecule has 0 spiro atoms. The van der Waals surface area contributed by atoms with Gasteiger partial charge in [-0.3, -0.25) is 9.59 Å². The molecule has 272 valence electrons. The van der Waals surface area contributed by atoms with Crippen molar-refractivity contribution in [1.29, 1.82) is 0 Å². The second-order valence-electron chi connectivity index (χ2n) is 13.6. The molecule has 0 aliphatic heterocycles. The molecule has 0 heterocycles. The number of ketones is 2. The largest absolute Gasteiger partial charge is 0.489 e. The molecule has 0 unspecified atom stereocenters. The maximum atomic E-state index is 14.5. The molecule has 54 heavy (non-hydrogen) atoms. The monoisotopic (exact) mass is 714 g/mol. The van der Waals surface area contributed by atoms with E-state index in [-0.39, 0.29) is 11.6 Å². The molecule has 6 heteroatoms. The average molecular weight is 715 g/mol. The molecule has 1 aliphatic carbocycles. The number of nitrogens with one attached hydrogen (secondary N) is 2. The van der Waals surface area contributed by atoms with Crippen LogP contribution in [-0.4, -0.2) is 11.6 Å². The highest BCUT2D eigenvalue weighted by molar-refractivity contribution is 6.32. The van der Waals surface area contributed by atoms with Gasteiger partial charge in [0, 0.05) is 22.5 Å². The van der Waals surface area contributed by atoms with E-state index < -0.39 is 0 Å². The van der Waals surface area contributed by atoms with E-state index in [2.05, 4.69) is 86.9 Å². The molecule has 0 aromatic heterocycles. The molecular weight excluding hydrogens is 669 g/mol. The van der Waals surface area contributed by atoms with Gasteiger partial charge in [0.05, 0.1) is 22.5 Å². The van der Waals surface area contributed by atoms with E-state index in [9.17, 15) is 9.59 Å². The third-order valence-corrected chi connectivity index (χ3v) is 10.2. The lowest BCUT2D eigenvalue weighted by Gasteiger charge is -2.26. The number of hydrogen-bond donors (Lipinski definition) is 2. The Morgan fingerprint density at radius 3 is 1.11 bits per heavy atom. The molecule has 2 N–H and O–H groups in total. The summed E-state index contributed by atoms with van der Waals surface area (Å²) in [6.45, 7) is 9.40. The Morgan fingerprint density at radius 1 is 0.444 bits per heavy atom. The van der Waals surface area contributed by atoms with Gasteiger partial charge in [-0.1, -0.05) is 113 Å². The smallest absolute Gasteiger partial charge is 0.196 e. The summed E-state index contributed by atoms with van der Waals surface area (Å²) in [6.07, 6.45) is 3.00. The Hall–Kier alpha value is -6.14. The van der Waals surface area contributed by atoms with Gasteiger partial charge < -0.3 is 20.1 Å². The number of ether oxygens (including phenoxy) is 2. The fourth-order valence-electron chi connectivity index (χ4n) is 7.26. The molecule has 6 nitrogen and oxygen atoms in total. The first-order valence-electron chi connectivity index (χ1n) is 19.0. The predicted octanol–water partition coefficient (Wildman–Crippen LogP) is 11.4. The number of fused-ring (bicyclic) bond motifs is 2. The number of hydrogen-bond acceptors (Lipinski definition) is 6. The van der Waals surface area contributed by atoms with Gasteiger partial charge in [-0.05, 0) is 95.5 Å². The van der Waals surface area contributed by atoms with Crippen LogP contribution in [-0.2, 0) is 38.9 Å². The molecule has 0 radical (unpaired) electrons. The molecule has 0 atom stereocenters. The summed E-state index contributed by atoms with van der Waals surface area (Å²) >= 11 is 0. The summed E-state index contributed by atoms with van der Waals surface area (Å²) in [7, 11) is 0. The van der Waals surface area contributed by atoms with Crippen LogP contribution in [0.15, 0.2) is 121 Å². The van der Waals surface area contributed by atoms with Crippen LogP contribution in [0.1, 0.15) is 92.9 Å². The third kappa shape index (κ3) is 7.38. The molecule has 0 amide bonds. The third-order valence-electron chi connectivity index (χ3n) is 10.2. The molecule has 1 aliphatic rings. The van der Waals surface area contributed by atoms with Crippen molar-refractivity contribution in [2.45, 2.75) is 66.6 Å². The van der Waals surface area contributed by atoms with Crippen molar-refractivity contribution >= 4 is 34.3 Å². The zero-order chi connectivity index (χ0) is 37.6. The van der Waals surface area contributed by atoms with Gasteiger partial charge in [-0.15, -0.1) is 0 Å². The maximum Gasteiger partial charge on any atom is 0.196 e. The van der Waals surface area contributed by atoms with Crippen molar-refractivity contribution in [1.82, 2.24) is 0 Å². The summed E-state index contributed by atoms with van der Waals surface area (Å²) in [4.78, 5) is 29.0. The van der Waals surface area contributed by atoms with Gasteiger partial charge in [-0.25, -0.2) is 0 Å². The lowest BCUT2D eigenvalue weighted by atomic mass is 9.82.